The molecule has 0 N–H and O–H groups in total. The van der Waals surface area contributed by atoms with E-state index >= 15 is 0 Å². The van der Waals surface area contributed by atoms with Crippen LogP contribution in [-0.2, 0) is 20.4 Å². The molecule has 1 atom stereocenters. The molecule has 0 nitrogen and oxygen atoms in total. The zero-order valence-corrected chi connectivity index (χ0v) is 22.0. The summed E-state index contributed by atoms with van der Waals surface area (Å²) >= 11 is 2.55. The van der Waals surface area contributed by atoms with Crippen molar-refractivity contribution in [2.24, 2.45) is 5.92 Å². The van der Waals surface area contributed by atoms with Gasteiger partial charge in [0, 0.05) is 0 Å². The van der Waals surface area contributed by atoms with Gasteiger partial charge in [0.05, 0.1) is 0 Å². The summed E-state index contributed by atoms with van der Waals surface area (Å²) in [5, 5.41) is 1.62. The van der Waals surface area contributed by atoms with Gasteiger partial charge >= 0.3 is 163 Å². The fourth-order valence-electron chi connectivity index (χ4n) is 4.70. The second-order valence-corrected chi connectivity index (χ2v) is 11.1. The number of hydrogen-bond donors (Lipinski definition) is 0. The van der Waals surface area contributed by atoms with Crippen LogP contribution >= 0.6 is 0 Å². The van der Waals surface area contributed by atoms with Gasteiger partial charge in [0.15, 0.2) is 0 Å². The third-order valence-corrected chi connectivity index (χ3v) is 10.9. The topological polar surface area (TPSA) is 0 Å². The van der Waals surface area contributed by atoms with E-state index in [0.29, 0.717) is 3.72 Å². The third kappa shape index (κ3) is 6.24. The van der Waals surface area contributed by atoms with Crippen LogP contribution in [0, 0.1) is 5.92 Å². The molecular weight excluding hydrogens is 447 g/mol. The second kappa shape index (κ2) is 12.3. The number of hydrogen-bond acceptors (Lipinski definition) is 0. The standard InChI is InChI=1S/C22H31Si.3ClH.Ti/c1-16-17(2)21(14-19-10-6-4-7-11-19)22(18(16)3)15-23-20-12-8-5-9-13-20;;;;/h5,8-9,12-13,19H,4,6-7,10-11,14-15,23H2,1-3H3;3*1H;/q;;;;+3/p-3. The van der Waals surface area contributed by atoms with Crippen LogP contribution in [0.4, 0.5) is 0 Å². The maximum atomic E-state index is 2.55. The number of rotatable bonds is 5. The monoisotopic (exact) mass is 476 g/mol. The summed E-state index contributed by atoms with van der Waals surface area (Å²) in [5.41, 5.74) is 6.68. The van der Waals surface area contributed by atoms with Gasteiger partial charge in [-0.25, -0.2) is 0 Å². The van der Waals surface area contributed by atoms with Crippen molar-refractivity contribution in [3.8, 4) is 0 Å². The largest absolute Gasteiger partial charge is 1.00 e. The molecule has 2 aliphatic rings. The molecule has 0 radical (unpaired) electrons. The van der Waals surface area contributed by atoms with E-state index in [2.05, 4.69) is 71.5 Å². The zero-order chi connectivity index (χ0) is 17.2. The van der Waals surface area contributed by atoms with Gasteiger partial charge in [0.1, 0.15) is 0 Å². The summed E-state index contributed by atoms with van der Waals surface area (Å²) in [6, 6.07) is 12.6. The summed E-state index contributed by atoms with van der Waals surface area (Å²) in [5.74, 6) is 0.945. The van der Waals surface area contributed by atoms with Crippen LogP contribution in [-0.4, -0.2) is 9.52 Å². The van der Waals surface area contributed by atoms with Crippen molar-refractivity contribution in [2.45, 2.75) is 69.1 Å². The fourth-order valence-corrected chi connectivity index (χ4v) is 7.97. The first-order valence-corrected chi connectivity index (χ1v) is 12.2. The van der Waals surface area contributed by atoms with E-state index in [0.717, 1.165) is 5.92 Å². The van der Waals surface area contributed by atoms with E-state index in [1.165, 1.54) is 44.6 Å². The molecule has 1 aromatic carbocycles. The molecule has 3 rings (SSSR count). The first kappa shape index (κ1) is 27.5. The van der Waals surface area contributed by atoms with Crippen molar-refractivity contribution in [3.63, 3.8) is 0 Å². The van der Waals surface area contributed by atoms with E-state index in [4.69, 9.17) is 0 Å². The summed E-state index contributed by atoms with van der Waals surface area (Å²) in [6.07, 6.45) is 8.65. The van der Waals surface area contributed by atoms with E-state index in [-0.39, 0.29) is 46.7 Å². The minimum Gasteiger partial charge on any atom is -1.00 e. The Morgan fingerprint density at radius 1 is 0.926 bits per heavy atom. The molecule has 1 saturated carbocycles. The van der Waals surface area contributed by atoms with Crippen molar-refractivity contribution in [2.75, 3.05) is 0 Å². The van der Waals surface area contributed by atoms with Gasteiger partial charge in [-0.15, -0.1) is 0 Å². The fraction of sp³-hybridized carbons (Fsp3) is 0.545. The summed E-state index contributed by atoms with van der Waals surface area (Å²) in [6.45, 7) is 7.17. The molecule has 0 heterocycles. The average Bonchev–Trinajstić information content (AvgIpc) is 2.78. The summed E-state index contributed by atoms with van der Waals surface area (Å²) in [7, 11) is -0.212. The molecule has 1 fully saturated rings. The van der Waals surface area contributed by atoms with Gasteiger partial charge in [0.25, 0.3) is 0 Å². The van der Waals surface area contributed by atoms with E-state index in [1.54, 1.807) is 27.5 Å². The van der Waals surface area contributed by atoms with E-state index in [9.17, 15) is 0 Å². The molecule has 1 aromatic rings. The first-order chi connectivity index (χ1) is 11.5. The Kier molecular flexibility index (Phi) is 12.5. The maximum absolute atomic E-state index is 2.55. The zero-order valence-electron chi connectivity index (χ0n) is 16.8. The summed E-state index contributed by atoms with van der Waals surface area (Å²) < 4.78 is 0.341. The molecule has 0 amide bonds. The van der Waals surface area contributed by atoms with Crippen LogP contribution in [0.3, 0.4) is 0 Å². The minimum atomic E-state index is -0.212. The van der Waals surface area contributed by atoms with Crippen molar-refractivity contribution in [3.05, 3.63) is 52.6 Å². The van der Waals surface area contributed by atoms with Crippen LogP contribution in [0.25, 0.3) is 0 Å². The number of halogens is 3. The minimum absolute atomic E-state index is 0. The van der Waals surface area contributed by atoms with E-state index in [1.807, 2.05) is 0 Å². The average molecular weight is 478 g/mol. The Labute approximate surface area is 198 Å². The molecule has 0 saturated heterocycles. The van der Waals surface area contributed by atoms with Crippen molar-refractivity contribution in [1.29, 1.82) is 0 Å². The van der Waals surface area contributed by atoms with Crippen LogP contribution < -0.4 is 42.4 Å². The molecule has 0 bridgehead atoms. The predicted molar refractivity (Wildman–Crippen MR) is 104 cm³/mol. The molecule has 148 valence electrons. The number of allylic oxidation sites excluding steroid dienone is 4. The normalized spacial score (nSPS) is 23.3. The predicted octanol–water partition coefficient (Wildman–Crippen LogP) is -3.75. The molecule has 0 spiro atoms. The quantitative estimate of drug-likeness (QED) is 0.383. The van der Waals surface area contributed by atoms with Crippen molar-refractivity contribution in [1.82, 2.24) is 0 Å². The summed E-state index contributed by atoms with van der Waals surface area (Å²) in [4.78, 5) is 0. The Balaban J connectivity index is 0.00000225. The third-order valence-electron chi connectivity index (χ3n) is 6.58. The van der Waals surface area contributed by atoms with Crippen LogP contribution in [0.15, 0.2) is 52.6 Å². The Hall–Kier alpha value is 0.501. The van der Waals surface area contributed by atoms with Crippen LogP contribution in [0.1, 0.15) is 59.3 Å². The first-order valence-electron chi connectivity index (χ1n) is 9.70. The molecule has 1 unspecified atom stereocenters. The molecule has 27 heavy (non-hydrogen) atoms. The number of benzene rings is 1. The van der Waals surface area contributed by atoms with Gasteiger partial charge in [-0.3, -0.25) is 0 Å². The van der Waals surface area contributed by atoms with Crippen molar-refractivity contribution < 1.29 is 57.7 Å². The second-order valence-electron chi connectivity index (χ2n) is 7.95. The maximum Gasteiger partial charge on any atom is -1.00 e. The van der Waals surface area contributed by atoms with Gasteiger partial charge in [0.2, 0.25) is 0 Å². The molecule has 2 aliphatic carbocycles. The molecule has 0 aliphatic heterocycles. The molecule has 0 aromatic heterocycles. The van der Waals surface area contributed by atoms with Crippen LogP contribution in [0.2, 0.25) is 9.76 Å². The Morgan fingerprint density at radius 2 is 1.52 bits per heavy atom. The van der Waals surface area contributed by atoms with E-state index < -0.39 is 0 Å². The van der Waals surface area contributed by atoms with Gasteiger partial charge in [-0.1, -0.05) is 0 Å². The van der Waals surface area contributed by atoms with Crippen LogP contribution in [0.5, 0.6) is 0 Å². The molecule has 5 heteroatoms. The SMILES string of the molecule is CC1=C(C)[C]([Ti+3])(C[SiH2]c2ccccc2)C(CC2CCCCC2)=C1C.[Cl-].[Cl-].[Cl-]. The van der Waals surface area contributed by atoms with Gasteiger partial charge in [-0.05, 0) is 0 Å². The van der Waals surface area contributed by atoms with Gasteiger partial charge < -0.3 is 37.2 Å². The van der Waals surface area contributed by atoms with Crippen molar-refractivity contribution >= 4 is 14.7 Å². The Bertz CT molecular complexity index is 651. The molecular formula is C22H31Cl3SiTi. The van der Waals surface area contributed by atoms with Gasteiger partial charge in [-0.2, -0.15) is 0 Å². The smallest absolute Gasteiger partial charge is 1.00 e. The Morgan fingerprint density at radius 3 is 2.11 bits per heavy atom.